The molecule has 1 aliphatic heterocycles. The van der Waals surface area contributed by atoms with Crippen LogP contribution in [-0.2, 0) is 11.2 Å². The summed E-state index contributed by atoms with van der Waals surface area (Å²) in [5, 5.41) is 2.87. The molecule has 2 heterocycles. The molecule has 0 unspecified atom stereocenters. The van der Waals surface area contributed by atoms with Gasteiger partial charge in [-0.2, -0.15) is 0 Å². The number of carbonyl (C=O) groups excluding carboxylic acids is 3. The molecule has 0 fully saturated rings. The molecular weight excluding hydrogens is 368 g/mol. The van der Waals surface area contributed by atoms with Gasteiger partial charge < -0.3 is 9.73 Å². The van der Waals surface area contributed by atoms with E-state index >= 15 is 0 Å². The average Bonchev–Trinajstić information content (AvgIpc) is 3.36. The maximum absolute atomic E-state index is 13.2. The molecule has 6 heteroatoms. The van der Waals surface area contributed by atoms with Crippen molar-refractivity contribution >= 4 is 17.7 Å². The number of furan rings is 1. The Morgan fingerprint density at radius 3 is 2.14 bits per heavy atom. The highest BCUT2D eigenvalue weighted by Crippen LogP contribution is 2.26. The van der Waals surface area contributed by atoms with Crippen molar-refractivity contribution in [2.24, 2.45) is 0 Å². The molecule has 1 N–H and O–H groups in total. The Morgan fingerprint density at radius 1 is 0.931 bits per heavy atom. The number of nitrogens with one attached hydrogen (secondary N) is 1. The minimum absolute atomic E-state index is 0.225. The molecule has 0 saturated heterocycles. The summed E-state index contributed by atoms with van der Waals surface area (Å²) in [6.07, 6.45) is 1.76. The van der Waals surface area contributed by atoms with Crippen LogP contribution in [0.4, 0.5) is 0 Å². The van der Waals surface area contributed by atoms with Crippen molar-refractivity contribution in [1.29, 1.82) is 0 Å². The van der Waals surface area contributed by atoms with Gasteiger partial charge in [-0.05, 0) is 36.8 Å². The number of imide groups is 1. The summed E-state index contributed by atoms with van der Waals surface area (Å²) in [7, 11) is 0. The fourth-order valence-electron chi connectivity index (χ4n) is 3.55. The Balaban J connectivity index is 1.65. The Hall–Kier alpha value is -3.67. The van der Waals surface area contributed by atoms with E-state index in [1.807, 2.05) is 30.3 Å². The maximum atomic E-state index is 13.2. The van der Waals surface area contributed by atoms with Crippen molar-refractivity contribution in [2.45, 2.75) is 25.4 Å². The summed E-state index contributed by atoms with van der Waals surface area (Å²) in [5.41, 5.74) is 1.50. The third kappa shape index (κ3) is 3.57. The van der Waals surface area contributed by atoms with Crippen LogP contribution in [0, 0.1) is 0 Å². The van der Waals surface area contributed by atoms with Crippen molar-refractivity contribution < 1.29 is 18.8 Å². The molecule has 0 radical (unpaired) electrons. The molecule has 1 aliphatic rings. The predicted octanol–water partition coefficient (Wildman–Crippen LogP) is 3.36. The van der Waals surface area contributed by atoms with Gasteiger partial charge >= 0.3 is 0 Å². The van der Waals surface area contributed by atoms with Crippen molar-refractivity contribution in [3.8, 4) is 0 Å². The number of carbonyl (C=O) groups is 3. The number of fused-ring (bicyclic) bond motifs is 1. The monoisotopic (exact) mass is 388 g/mol. The molecule has 146 valence electrons. The van der Waals surface area contributed by atoms with Crippen LogP contribution in [0.1, 0.15) is 45.0 Å². The Morgan fingerprint density at radius 2 is 1.55 bits per heavy atom. The molecule has 0 aliphatic carbocycles. The van der Waals surface area contributed by atoms with E-state index < -0.39 is 29.8 Å². The third-order valence-electron chi connectivity index (χ3n) is 5.04. The third-order valence-corrected chi connectivity index (χ3v) is 5.04. The first-order valence-corrected chi connectivity index (χ1v) is 9.41. The Labute approximate surface area is 168 Å². The summed E-state index contributed by atoms with van der Waals surface area (Å²) in [4.78, 5) is 40.2. The molecule has 6 nitrogen and oxygen atoms in total. The van der Waals surface area contributed by atoms with Crippen LogP contribution in [0.25, 0.3) is 0 Å². The van der Waals surface area contributed by atoms with E-state index in [4.69, 9.17) is 4.42 Å². The van der Waals surface area contributed by atoms with Gasteiger partial charge in [-0.25, -0.2) is 0 Å². The standard InChI is InChI=1S/C23H20N2O4/c1-15(20-12-7-13-29-20)24-21(26)19(14-16-8-3-2-4-9-16)25-22(27)17-10-5-6-11-18(17)23(25)28/h2-13,15,19H,14H2,1H3,(H,24,26)/t15-,19-/m0/s1. The lowest BCUT2D eigenvalue weighted by molar-refractivity contribution is -0.125. The SMILES string of the molecule is C[C@H](NC(=O)[C@H](Cc1ccccc1)N1C(=O)c2ccccc2C1=O)c1ccco1. The number of benzene rings is 2. The normalized spacial score (nSPS) is 15.1. The number of amides is 3. The van der Waals surface area contributed by atoms with Gasteiger partial charge in [0, 0.05) is 6.42 Å². The second-order valence-corrected chi connectivity index (χ2v) is 6.98. The quantitative estimate of drug-likeness (QED) is 0.657. The Bertz CT molecular complexity index is 1010. The fraction of sp³-hybridized carbons (Fsp3) is 0.174. The molecule has 3 aromatic rings. The highest BCUT2D eigenvalue weighted by atomic mass is 16.3. The zero-order valence-corrected chi connectivity index (χ0v) is 15.9. The highest BCUT2D eigenvalue weighted by molar-refractivity contribution is 6.22. The molecule has 0 bridgehead atoms. The highest BCUT2D eigenvalue weighted by Gasteiger charge is 2.42. The number of hydrogen-bond donors (Lipinski definition) is 1. The first-order chi connectivity index (χ1) is 14.1. The van der Waals surface area contributed by atoms with Gasteiger partial charge in [0.2, 0.25) is 5.91 Å². The van der Waals surface area contributed by atoms with Gasteiger partial charge in [0.1, 0.15) is 11.8 Å². The van der Waals surface area contributed by atoms with E-state index in [-0.39, 0.29) is 6.42 Å². The van der Waals surface area contributed by atoms with E-state index in [2.05, 4.69) is 5.32 Å². The van der Waals surface area contributed by atoms with Crippen LogP contribution in [0.5, 0.6) is 0 Å². The van der Waals surface area contributed by atoms with E-state index in [0.29, 0.717) is 16.9 Å². The molecule has 1 aromatic heterocycles. The van der Waals surface area contributed by atoms with E-state index in [1.165, 1.54) is 6.26 Å². The number of rotatable bonds is 6. The molecule has 29 heavy (non-hydrogen) atoms. The second kappa shape index (κ2) is 7.75. The maximum Gasteiger partial charge on any atom is 0.262 e. The minimum Gasteiger partial charge on any atom is -0.467 e. The molecule has 2 aromatic carbocycles. The zero-order valence-electron chi connectivity index (χ0n) is 15.9. The fourth-order valence-corrected chi connectivity index (χ4v) is 3.55. The summed E-state index contributed by atoms with van der Waals surface area (Å²) >= 11 is 0. The molecule has 0 saturated carbocycles. The van der Waals surface area contributed by atoms with Crippen LogP contribution in [0.15, 0.2) is 77.4 Å². The van der Waals surface area contributed by atoms with Gasteiger partial charge in [0.15, 0.2) is 0 Å². The Kier molecular flexibility index (Phi) is 4.99. The topological polar surface area (TPSA) is 79.6 Å². The lowest BCUT2D eigenvalue weighted by Gasteiger charge is -2.26. The van der Waals surface area contributed by atoms with Gasteiger partial charge in [0.05, 0.1) is 23.4 Å². The summed E-state index contributed by atoms with van der Waals surface area (Å²) < 4.78 is 5.35. The summed E-state index contributed by atoms with van der Waals surface area (Å²) in [6, 6.07) is 18.1. The molecule has 2 atom stereocenters. The van der Waals surface area contributed by atoms with E-state index in [0.717, 1.165) is 10.5 Å². The van der Waals surface area contributed by atoms with Crippen molar-refractivity contribution in [3.63, 3.8) is 0 Å². The van der Waals surface area contributed by atoms with Crippen LogP contribution in [0.3, 0.4) is 0 Å². The smallest absolute Gasteiger partial charge is 0.262 e. The van der Waals surface area contributed by atoms with Crippen LogP contribution in [-0.4, -0.2) is 28.7 Å². The van der Waals surface area contributed by atoms with Gasteiger partial charge in [0.25, 0.3) is 11.8 Å². The number of nitrogens with zero attached hydrogens (tertiary/aromatic N) is 1. The summed E-state index contributed by atoms with van der Waals surface area (Å²) in [6.45, 7) is 1.79. The average molecular weight is 388 g/mol. The lowest BCUT2D eigenvalue weighted by Crippen LogP contribution is -2.51. The predicted molar refractivity (Wildman–Crippen MR) is 106 cm³/mol. The van der Waals surface area contributed by atoms with Gasteiger partial charge in [-0.1, -0.05) is 42.5 Å². The van der Waals surface area contributed by atoms with Gasteiger partial charge in [-0.3, -0.25) is 19.3 Å². The van der Waals surface area contributed by atoms with Crippen molar-refractivity contribution in [2.75, 3.05) is 0 Å². The zero-order chi connectivity index (χ0) is 20.4. The van der Waals surface area contributed by atoms with Crippen LogP contribution in [0.2, 0.25) is 0 Å². The first kappa shape index (κ1) is 18.7. The molecule has 3 amide bonds. The number of hydrogen-bond acceptors (Lipinski definition) is 4. The largest absolute Gasteiger partial charge is 0.467 e. The lowest BCUT2D eigenvalue weighted by atomic mass is 10.0. The van der Waals surface area contributed by atoms with Crippen molar-refractivity contribution in [1.82, 2.24) is 10.2 Å². The van der Waals surface area contributed by atoms with E-state index in [1.54, 1.807) is 43.3 Å². The minimum atomic E-state index is -0.970. The first-order valence-electron chi connectivity index (χ1n) is 9.41. The van der Waals surface area contributed by atoms with Crippen molar-refractivity contribution in [3.05, 3.63) is 95.4 Å². The van der Waals surface area contributed by atoms with Crippen LogP contribution >= 0.6 is 0 Å². The molecule has 0 spiro atoms. The van der Waals surface area contributed by atoms with Crippen LogP contribution < -0.4 is 5.32 Å². The second-order valence-electron chi connectivity index (χ2n) is 6.98. The van der Waals surface area contributed by atoms with Gasteiger partial charge in [-0.15, -0.1) is 0 Å². The molecular formula is C23H20N2O4. The molecule has 4 rings (SSSR count). The van der Waals surface area contributed by atoms with E-state index in [9.17, 15) is 14.4 Å². The summed E-state index contributed by atoms with van der Waals surface area (Å²) in [5.74, 6) is -0.717.